The fourth-order valence-corrected chi connectivity index (χ4v) is 5.04. The molecule has 3 atom stereocenters. The van der Waals surface area contributed by atoms with Gasteiger partial charge in [-0.2, -0.15) is 5.26 Å². The summed E-state index contributed by atoms with van der Waals surface area (Å²) in [6.45, 7) is 8.02. The van der Waals surface area contributed by atoms with E-state index in [4.69, 9.17) is 28.4 Å². The van der Waals surface area contributed by atoms with Gasteiger partial charge in [-0.1, -0.05) is 26.0 Å². The minimum absolute atomic E-state index is 0.0407. The van der Waals surface area contributed by atoms with Gasteiger partial charge in [0.05, 0.1) is 45.3 Å². The van der Waals surface area contributed by atoms with E-state index >= 15 is 0 Å². The molecule has 0 bridgehead atoms. The summed E-state index contributed by atoms with van der Waals surface area (Å²) in [5.74, 6) is 2.03. The molecule has 3 rings (SSSR count). The lowest BCUT2D eigenvalue weighted by Gasteiger charge is -2.35. The summed E-state index contributed by atoms with van der Waals surface area (Å²) >= 11 is 0. The van der Waals surface area contributed by atoms with Gasteiger partial charge in [-0.05, 0) is 50.8 Å². The number of para-hydroxylation sites is 2. The molecule has 0 saturated carbocycles. The van der Waals surface area contributed by atoms with Crippen LogP contribution in [-0.2, 0) is 5.41 Å². The lowest BCUT2D eigenvalue weighted by molar-refractivity contribution is -0.538. The average molecular weight is 559 g/mol. The van der Waals surface area contributed by atoms with E-state index in [2.05, 4.69) is 6.07 Å². The molecule has 1 N–H and O–H groups in total. The number of fused-ring (bicyclic) bond motifs is 1. The molecule has 11 nitrogen and oxygen atoms in total. The van der Waals surface area contributed by atoms with E-state index < -0.39 is 28.8 Å². The number of hydrogen-bond donors (Lipinski definition) is 1. The van der Waals surface area contributed by atoms with Crippen LogP contribution in [0.1, 0.15) is 52.5 Å². The highest BCUT2D eigenvalue weighted by Gasteiger charge is 2.44. The maximum absolute atomic E-state index is 12.0. The predicted octanol–water partition coefficient (Wildman–Crippen LogP) is 4.89. The number of nitriles is 1. The Bertz CT molecular complexity index is 1190. The molecule has 0 aromatic heterocycles. The highest BCUT2D eigenvalue weighted by molar-refractivity contribution is 5.65. The summed E-state index contributed by atoms with van der Waals surface area (Å²) in [7, 11) is 2.96. The van der Waals surface area contributed by atoms with E-state index in [9.17, 15) is 20.5 Å². The van der Waals surface area contributed by atoms with Gasteiger partial charge in [-0.3, -0.25) is 10.1 Å². The van der Waals surface area contributed by atoms with Crippen molar-refractivity contribution in [3.8, 4) is 40.6 Å². The number of methoxy groups -OCH3 is 2. The second-order valence-corrected chi connectivity index (χ2v) is 9.73. The molecule has 1 aliphatic rings. The highest BCUT2D eigenvalue weighted by Crippen LogP contribution is 2.53. The normalized spacial score (nSPS) is 15.6. The molecule has 0 fully saturated rings. The molecular formula is C29H38N2O9. The number of aliphatic hydroxyl groups is 1. The summed E-state index contributed by atoms with van der Waals surface area (Å²) in [4.78, 5) is 11.5. The molecular weight excluding hydrogens is 520 g/mol. The third-order valence-corrected chi connectivity index (χ3v) is 7.17. The lowest BCUT2D eigenvalue weighted by Crippen LogP contribution is -2.41. The van der Waals surface area contributed by atoms with Gasteiger partial charge in [0, 0.05) is 10.5 Å². The van der Waals surface area contributed by atoms with Crippen molar-refractivity contribution in [2.45, 2.75) is 70.8 Å². The fourth-order valence-electron chi connectivity index (χ4n) is 5.04. The molecule has 0 saturated heterocycles. The first-order valence-electron chi connectivity index (χ1n) is 13.4. The van der Waals surface area contributed by atoms with Crippen molar-refractivity contribution in [3.63, 3.8) is 0 Å². The van der Waals surface area contributed by atoms with Crippen molar-refractivity contribution < 1.29 is 38.5 Å². The Hall–Kier alpha value is -3.91. The van der Waals surface area contributed by atoms with Gasteiger partial charge in [-0.25, -0.2) is 0 Å². The Morgan fingerprint density at radius 2 is 1.68 bits per heavy atom. The van der Waals surface area contributed by atoms with Crippen LogP contribution in [0.15, 0.2) is 30.3 Å². The van der Waals surface area contributed by atoms with E-state index in [-0.39, 0.29) is 37.5 Å². The van der Waals surface area contributed by atoms with Crippen molar-refractivity contribution in [3.05, 3.63) is 46.0 Å². The molecule has 2 aromatic carbocycles. The highest BCUT2D eigenvalue weighted by atomic mass is 16.7. The molecule has 3 unspecified atom stereocenters. The Kier molecular flexibility index (Phi) is 10.3. The summed E-state index contributed by atoms with van der Waals surface area (Å²) in [5, 5.41) is 33.7. The Morgan fingerprint density at radius 1 is 1.07 bits per heavy atom. The first kappa shape index (κ1) is 30.6. The van der Waals surface area contributed by atoms with Gasteiger partial charge in [0.25, 0.3) is 0 Å². The molecule has 11 heteroatoms. The number of nitrogens with zero attached hydrogens (tertiary/aromatic N) is 2. The van der Waals surface area contributed by atoms with Gasteiger partial charge in [0.15, 0.2) is 23.0 Å². The quantitative estimate of drug-likeness (QED) is 0.237. The van der Waals surface area contributed by atoms with Crippen molar-refractivity contribution in [1.29, 1.82) is 5.26 Å². The van der Waals surface area contributed by atoms with Gasteiger partial charge in [-0.15, -0.1) is 0 Å². The maximum atomic E-state index is 12.0. The number of hydrogen-bond acceptors (Lipinski definition) is 10. The van der Waals surface area contributed by atoms with Crippen LogP contribution < -0.4 is 28.4 Å². The second-order valence-electron chi connectivity index (χ2n) is 9.73. The number of nitro groups is 1. The molecule has 1 aliphatic heterocycles. The summed E-state index contributed by atoms with van der Waals surface area (Å²) in [5.41, 5.74) is -0.718. The smallest absolute Gasteiger partial charge is 0.248 e. The number of benzene rings is 2. The zero-order chi connectivity index (χ0) is 29.4. The number of aliphatic hydroxyl groups excluding tert-OH is 1. The van der Waals surface area contributed by atoms with Gasteiger partial charge in [0.1, 0.15) is 6.10 Å². The Balaban J connectivity index is 1.95. The molecule has 0 aliphatic carbocycles. The lowest BCUT2D eigenvalue weighted by atomic mass is 9.68. The zero-order valence-electron chi connectivity index (χ0n) is 23.8. The Morgan fingerprint density at radius 3 is 2.15 bits per heavy atom. The Labute approximate surface area is 234 Å². The first-order chi connectivity index (χ1) is 19.2. The summed E-state index contributed by atoms with van der Waals surface area (Å²) in [6, 6.07) is 9.74. The van der Waals surface area contributed by atoms with Crippen molar-refractivity contribution in [2.75, 3.05) is 27.4 Å². The first-order valence-corrected chi connectivity index (χ1v) is 13.4. The predicted molar refractivity (Wildman–Crippen MR) is 146 cm³/mol. The zero-order valence-corrected chi connectivity index (χ0v) is 23.8. The van der Waals surface area contributed by atoms with Crippen LogP contribution in [0.25, 0.3) is 0 Å². The van der Waals surface area contributed by atoms with E-state index in [0.717, 1.165) is 0 Å². The van der Waals surface area contributed by atoms with Crippen molar-refractivity contribution in [1.82, 2.24) is 0 Å². The van der Waals surface area contributed by atoms with Crippen LogP contribution in [0.3, 0.4) is 0 Å². The fraction of sp³-hybridized carbons (Fsp3) is 0.552. The van der Waals surface area contributed by atoms with Crippen molar-refractivity contribution >= 4 is 0 Å². The van der Waals surface area contributed by atoms with Crippen LogP contribution >= 0.6 is 0 Å². The molecule has 40 heavy (non-hydrogen) atoms. The monoisotopic (exact) mass is 558 g/mol. The molecule has 0 spiro atoms. The third kappa shape index (κ3) is 6.12. The largest absolute Gasteiger partial charge is 0.490 e. The molecule has 218 valence electrons. The maximum Gasteiger partial charge on any atom is 0.248 e. The molecule has 1 heterocycles. The molecule has 0 amide bonds. The van der Waals surface area contributed by atoms with E-state index in [0.29, 0.717) is 40.9 Å². The van der Waals surface area contributed by atoms with Crippen molar-refractivity contribution in [2.24, 2.45) is 5.92 Å². The van der Waals surface area contributed by atoms with Gasteiger partial charge < -0.3 is 33.5 Å². The minimum atomic E-state index is -1.38. The van der Waals surface area contributed by atoms with E-state index in [1.54, 1.807) is 30.3 Å². The summed E-state index contributed by atoms with van der Waals surface area (Å²) < 4.78 is 34.4. The summed E-state index contributed by atoms with van der Waals surface area (Å²) in [6.07, 6.45) is -2.39. The minimum Gasteiger partial charge on any atom is -0.490 e. The van der Waals surface area contributed by atoms with Crippen LogP contribution in [0.5, 0.6) is 34.5 Å². The van der Waals surface area contributed by atoms with E-state index in [1.807, 2.05) is 27.7 Å². The average Bonchev–Trinajstić information content (AvgIpc) is 3.35. The van der Waals surface area contributed by atoms with E-state index in [1.165, 1.54) is 14.2 Å². The topological polar surface area (TPSA) is 143 Å². The third-order valence-electron chi connectivity index (χ3n) is 7.17. The van der Waals surface area contributed by atoms with Gasteiger partial charge in [0.2, 0.25) is 23.8 Å². The number of rotatable bonds is 15. The molecule has 2 aromatic rings. The van der Waals surface area contributed by atoms with Gasteiger partial charge >= 0.3 is 0 Å². The number of ether oxygens (including phenoxy) is 6. The van der Waals surface area contributed by atoms with Crippen LogP contribution in [0.4, 0.5) is 0 Å². The van der Waals surface area contributed by atoms with Crippen LogP contribution in [0, 0.1) is 27.4 Å². The second kappa shape index (κ2) is 13.4. The van der Waals surface area contributed by atoms with Crippen LogP contribution in [0.2, 0.25) is 0 Å². The standard InChI is InChI=1S/C29H38N2O9/c1-7-37-24-15-19(26(38-8-2)28(36-6)27(24)35-5)29(17-30,18(3)4)14-13-21(32)20(31(33)34)16-25-39-22-11-9-10-12-23(22)40-25/h9-12,15,18,20-21,25,32H,7-8,13-14,16H2,1-6H3. The van der Waals surface area contributed by atoms with Crippen LogP contribution in [-0.4, -0.2) is 55.9 Å². The molecule has 0 radical (unpaired) electrons. The SMILES string of the molecule is CCOc1cc(C(C#N)(CCC(O)C(CC2Oc3ccccc3O2)[N+](=O)[O-])C(C)C)c(OCC)c(OC)c1OC.